The minimum Gasteiger partial charge on any atom is -0.469 e. The van der Waals surface area contributed by atoms with Gasteiger partial charge in [0.2, 0.25) is 0 Å². The van der Waals surface area contributed by atoms with Crippen LogP contribution in [0.5, 0.6) is 0 Å². The highest BCUT2D eigenvalue weighted by Crippen LogP contribution is 2.46. The molecule has 2 fully saturated rings. The van der Waals surface area contributed by atoms with Gasteiger partial charge in [0.05, 0.1) is 25.6 Å². The Labute approximate surface area is 180 Å². The van der Waals surface area contributed by atoms with E-state index >= 15 is 0 Å². The first-order chi connectivity index (χ1) is 13.8. The summed E-state index contributed by atoms with van der Waals surface area (Å²) < 4.78 is 28.8. The maximum absolute atomic E-state index is 12.9. The number of hydrogen-bond donors (Lipinski definition) is 0. The number of rotatable bonds is 5. The molecule has 2 aliphatic heterocycles. The fourth-order valence-corrected chi connectivity index (χ4v) is 5.31. The Kier molecular flexibility index (Phi) is 6.28. The van der Waals surface area contributed by atoms with Crippen LogP contribution in [0.1, 0.15) is 34.6 Å². The van der Waals surface area contributed by atoms with Gasteiger partial charge in [-0.3, -0.25) is 9.59 Å². The van der Waals surface area contributed by atoms with Crippen molar-refractivity contribution in [1.82, 2.24) is 0 Å². The fourth-order valence-electron chi connectivity index (χ4n) is 4.26. The lowest BCUT2D eigenvalue weighted by atomic mass is 9.69. The van der Waals surface area contributed by atoms with E-state index in [-0.39, 0.29) is 28.9 Å². The third-order valence-electron chi connectivity index (χ3n) is 7.06. The lowest BCUT2D eigenvalue weighted by Gasteiger charge is -2.39. The summed E-state index contributed by atoms with van der Waals surface area (Å²) in [5, 5.41) is 0.0542. The zero-order chi connectivity index (χ0) is 22.5. The molecule has 0 bridgehead atoms. The summed E-state index contributed by atoms with van der Waals surface area (Å²) in [5.74, 6) is -3.23. The van der Waals surface area contributed by atoms with E-state index in [1.807, 2.05) is 26.0 Å². The summed E-state index contributed by atoms with van der Waals surface area (Å²) >= 11 is 0. The van der Waals surface area contributed by atoms with Crippen LogP contribution in [0, 0.1) is 23.7 Å². The van der Waals surface area contributed by atoms with Crippen LogP contribution < -0.4 is 0 Å². The molecule has 0 amide bonds. The van der Waals surface area contributed by atoms with Crippen molar-refractivity contribution in [2.24, 2.45) is 23.7 Å². The standard InChI is InChI=1S/C22H36O7Si/c1-21(2,3)30(7,8)27-11-13-9-10-14-17(16(13)19(23)25-6)20(24)28-18(14)15-12-26-22(4,5)29-15/h9-10,13-18H,11-12H2,1-8H3/t13-,14-,15-,16+,17+,18+/m1/s1. The number of methoxy groups -OCH3 is 1. The summed E-state index contributed by atoms with van der Waals surface area (Å²) in [6.07, 6.45) is 3.15. The van der Waals surface area contributed by atoms with Gasteiger partial charge in [-0.1, -0.05) is 32.9 Å². The molecule has 0 aromatic carbocycles. The fraction of sp³-hybridized carbons (Fsp3) is 0.818. The Morgan fingerprint density at radius 1 is 1.27 bits per heavy atom. The average Bonchev–Trinajstić information content (AvgIpc) is 3.17. The Morgan fingerprint density at radius 2 is 1.93 bits per heavy atom. The van der Waals surface area contributed by atoms with Gasteiger partial charge in [0, 0.05) is 18.4 Å². The van der Waals surface area contributed by atoms with Crippen molar-refractivity contribution in [3.8, 4) is 0 Å². The second kappa shape index (κ2) is 8.04. The van der Waals surface area contributed by atoms with Gasteiger partial charge in [-0.25, -0.2) is 0 Å². The third-order valence-corrected chi connectivity index (χ3v) is 11.6. The summed E-state index contributed by atoms with van der Waals surface area (Å²) in [6, 6.07) is 0. The largest absolute Gasteiger partial charge is 0.469 e. The van der Waals surface area contributed by atoms with E-state index in [4.69, 9.17) is 23.4 Å². The monoisotopic (exact) mass is 440 g/mol. The molecule has 0 saturated carbocycles. The van der Waals surface area contributed by atoms with E-state index in [2.05, 4.69) is 33.9 Å². The topological polar surface area (TPSA) is 80.3 Å². The smallest absolute Gasteiger partial charge is 0.310 e. The molecule has 0 unspecified atom stereocenters. The predicted octanol–water partition coefficient (Wildman–Crippen LogP) is 3.29. The normalized spacial score (nSPS) is 35.8. The first-order valence-corrected chi connectivity index (χ1v) is 13.6. The number of carbonyl (C=O) groups excluding carboxylic acids is 2. The highest BCUT2D eigenvalue weighted by atomic mass is 28.4. The van der Waals surface area contributed by atoms with Crippen LogP contribution in [0.2, 0.25) is 18.1 Å². The van der Waals surface area contributed by atoms with Gasteiger partial charge >= 0.3 is 11.9 Å². The molecule has 7 nitrogen and oxygen atoms in total. The number of ether oxygens (including phenoxy) is 4. The molecular formula is C22H36O7Si. The van der Waals surface area contributed by atoms with E-state index in [9.17, 15) is 9.59 Å². The van der Waals surface area contributed by atoms with E-state index in [1.54, 1.807) is 0 Å². The number of esters is 2. The van der Waals surface area contributed by atoms with Crippen molar-refractivity contribution < 1.29 is 33.0 Å². The Morgan fingerprint density at radius 3 is 2.47 bits per heavy atom. The van der Waals surface area contributed by atoms with Gasteiger partial charge in [0.25, 0.3) is 0 Å². The van der Waals surface area contributed by atoms with Crippen LogP contribution in [0.4, 0.5) is 0 Å². The van der Waals surface area contributed by atoms with Crippen molar-refractivity contribution in [3.05, 3.63) is 12.2 Å². The lowest BCUT2D eigenvalue weighted by molar-refractivity contribution is -0.164. The van der Waals surface area contributed by atoms with Crippen molar-refractivity contribution in [2.75, 3.05) is 20.3 Å². The zero-order valence-electron chi connectivity index (χ0n) is 19.4. The number of fused-ring (bicyclic) bond motifs is 1. The van der Waals surface area contributed by atoms with Gasteiger partial charge in [-0.15, -0.1) is 0 Å². The maximum atomic E-state index is 12.9. The van der Waals surface area contributed by atoms with Gasteiger partial charge in [0.15, 0.2) is 14.1 Å². The van der Waals surface area contributed by atoms with E-state index in [0.717, 1.165) is 0 Å². The molecule has 2 heterocycles. The molecule has 0 aromatic rings. The molecule has 30 heavy (non-hydrogen) atoms. The molecule has 0 radical (unpaired) electrons. The number of cyclic esters (lactones) is 1. The highest BCUT2D eigenvalue weighted by Gasteiger charge is 2.57. The lowest BCUT2D eigenvalue weighted by Crippen LogP contribution is -2.46. The number of carbonyl (C=O) groups is 2. The van der Waals surface area contributed by atoms with E-state index in [0.29, 0.717) is 13.2 Å². The Balaban J connectivity index is 1.83. The van der Waals surface area contributed by atoms with Crippen LogP contribution in [0.3, 0.4) is 0 Å². The third kappa shape index (κ3) is 4.37. The second-order valence-corrected chi connectivity index (χ2v) is 15.4. The Bertz CT molecular complexity index is 709. The molecular weight excluding hydrogens is 404 g/mol. The minimum atomic E-state index is -2.00. The van der Waals surface area contributed by atoms with Crippen molar-refractivity contribution in [1.29, 1.82) is 0 Å². The Hall–Kier alpha value is -1.22. The van der Waals surface area contributed by atoms with E-state index in [1.165, 1.54) is 7.11 Å². The van der Waals surface area contributed by atoms with Crippen molar-refractivity contribution in [2.45, 2.75) is 70.7 Å². The SMILES string of the molecule is COC(=O)[C@@H]1[C@H]2C(=O)O[C@H]([C@H]3COC(C)(C)O3)[C@@H]2C=C[C@@H]1CO[Si](C)(C)C(C)(C)C. The maximum Gasteiger partial charge on any atom is 0.310 e. The minimum absolute atomic E-state index is 0.0542. The molecule has 170 valence electrons. The number of hydrogen-bond acceptors (Lipinski definition) is 7. The molecule has 2 saturated heterocycles. The molecule has 3 rings (SSSR count). The van der Waals surface area contributed by atoms with Gasteiger partial charge in [0.1, 0.15) is 12.2 Å². The van der Waals surface area contributed by atoms with Crippen LogP contribution in [-0.2, 0) is 33.0 Å². The first-order valence-electron chi connectivity index (χ1n) is 10.7. The quantitative estimate of drug-likeness (QED) is 0.369. The van der Waals surface area contributed by atoms with Crippen LogP contribution in [0.25, 0.3) is 0 Å². The van der Waals surface area contributed by atoms with Crippen molar-refractivity contribution >= 4 is 20.3 Å². The second-order valence-electron chi connectivity index (χ2n) is 10.5. The van der Waals surface area contributed by atoms with Crippen LogP contribution in [0.15, 0.2) is 12.2 Å². The van der Waals surface area contributed by atoms with E-state index < -0.39 is 38.0 Å². The first kappa shape index (κ1) is 23.4. The predicted molar refractivity (Wildman–Crippen MR) is 113 cm³/mol. The van der Waals surface area contributed by atoms with Gasteiger partial charge in [-0.05, 0) is 32.0 Å². The van der Waals surface area contributed by atoms with Crippen LogP contribution in [-0.4, -0.2) is 58.6 Å². The highest BCUT2D eigenvalue weighted by molar-refractivity contribution is 6.74. The molecule has 6 atom stereocenters. The summed E-state index contributed by atoms with van der Waals surface area (Å²) in [6.45, 7) is 15.3. The summed E-state index contributed by atoms with van der Waals surface area (Å²) in [4.78, 5) is 25.6. The molecule has 1 aliphatic carbocycles. The van der Waals surface area contributed by atoms with Gasteiger partial charge < -0.3 is 23.4 Å². The van der Waals surface area contributed by atoms with Gasteiger partial charge in [-0.2, -0.15) is 0 Å². The molecule has 0 aromatic heterocycles. The molecule has 0 N–H and O–H groups in total. The summed E-state index contributed by atoms with van der Waals surface area (Å²) in [7, 11) is -0.647. The summed E-state index contributed by atoms with van der Waals surface area (Å²) in [5.41, 5.74) is 0. The molecule has 0 spiro atoms. The van der Waals surface area contributed by atoms with Crippen molar-refractivity contribution in [3.63, 3.8) is 0 Å². The average molecular weight is 441 g/mol. The zero-order valence-corrected chi connectivity index (χ0v) is 20.4. The molecule has 8 heteroatoms. The van der Waals surface area contributed by atoms with Crippen LogP contribution >= 0.6 is 0 Å². The molecule has 3 aliphatic rings.